The van der Waals surface area contributed by atoms with E-state index in [1.165, 1.54) is 54.6 Å². The van der Waals surface area contributed by atoms with Gasteiger partial charge in [-0.3, -0.25) is 0 Å². The smallest absolute Gasteiger partial charge is 0.136 e. The normalized spacial score (nSPS) is 11.6. The average molecular weight is 638 g/mol. The maximum atomic E-state index is 6.45. The molecule has 0 spiro atoms. The monoisotopic (exact) mass is 637 g/mol. The number of rotatable bonds is 5. The van der Waals surface area contributed by atoms with Crippen LogP contribution in [0.2, 0.25) is 0 Å². The van der Waals surface area contributed by atoms with E-state index in [9.17, 15) is 0 Å². The fraction of sp³-hybridized carbons (Fsp3) is 0. The second kappa shape index (κ2) is 11.5. The topological polar surface area (TPSA) is 16.4 Å². The Hall–Kier alpha value is -6.64. The number of nitrogens with zero attached hydrogens (tertiary/aromatic N) is 1. The van der Waals surface area contributed by atoms with Crippen LogP contribution in [0.5, 0.6) is 0 Å². The third kappa shape index (κ3) is 4.73. The molecule has 234 valence electrons. The molecule has 0 atom stereocenters. The summed E-state index contributed by atoms with van der Waals surface area (Å²) in [6.45, 7) is 0. The molecule has 2 nitrogen and oxygen atoms in total. The summed E-state index contributed by atoms with van der Waals surface area (Å²) in [6, 6.07) is 67.5. The van der Waals surface area contributed by atoms with Crippen LogP contribution in [0.1, 0.15) is 0 Å². The molecule has 1 aromatic heterocycles. The van der Waals surface area contributed by atoms with Crippen LogP contribution in [-0.4, -0.2) is 0 Å². The second-order valence-electron chi connectivity index (χ2n) is 13.0. The van der Waals surface area contributed by atoms with Crippen LogP contribution in [0.3, 0.4) is 0 Å². The Morgan fingerprint density at radius 2 is 0.920 bits per heavy atom. The van der Waals surface area contributed by atoms with E-state index in [2.05, 4.69) is 187 Å². The molecule has 10 rings (SSSR count). The van der Waals surface area contributed by atoms with E-state index in [0.717, 1.165) is 39.0 Å². The van der Waals surface area contributed by atoms with Crippen molar-refractivity contribution in [2.45, 2.75) is 0 Å². The maximum absolute atomic E-state index is 6.45. The molecule has 50 heavy (non-hydrogen) atoms. The predicted molar refractivity (Wildman–Crippen MR) is 212 cm³/mol. The molecule has 0 fully saturated rings. The molecule has 0 amide bonds. The van der Waals surface area contributed by atoms with Crippen molar-refractivity contribution in [1.82, 2.24) is 0 Å². The van der Waals surface area contributed by atoms with Crippen molar-refractivity contribution >= 4 is 71.3 Å². The first-order valence-corrected chi connectivity index (χ1v) is 17.1. The summed E-state index contributed by atoms with van der Waals surface area (Å²) in [4.78, 5) is 2.33. The van der Waals surface area contributed by atoms with Gasteiger partial charge in [0.05, 0.1) is 0 Å². The van der Waals surface area contributed by atoms with Gasteiger partial charge >= 0.3 is 0 Å². The minimum Gasteiger partial charge on any atom is -0.456 e. The Morgan fingerprint density at radius 3 is 1.72 bits per heavy atom. The SMILES string of the molecule is c1ccc(N(c2ccc(-c3ccc4c(c3)c(-c3ccc5ccccc5c3)cc3oc5ccccc5c34)cc2)c2ccc3ccccc3c2)cc1. The van der Waals surface area contributed by atoms with Crippen molar-refractivity contribution in [1.29, 1.82) is 0 Å². The molecule has 0 N–H and O–H groups in total. The highest BCUT2D eigenvalue weighted by Gasteiger charge is 2.17. The van der Waals surface area contributed by atoms with E-state index < -0.39 is 0 Å². The summed E-state index contributed by atoms with van der Waals surface area (Å²) >= 11 is 0. The summed E-state index contributed by atoms with van der Waals surface area (Å²) in [5.74, 6) is 0. The van der Waals surface area contributed by atoms with Gasteiger partial charge in [-0.2, -0.15) is 0 Å². The molecule has 9 aromatic carbocycles. The van der Waals surface area contributed by atoms with Gasteiger partial charge in [0.15, 0.2) is 0 Å². The Kier molecular flexibility index (Phi) is 6.53. The Bertz CT molecular complexity index is 2870. The van der Waals surface area contributed by atoms with Crippen molar-refractivity contribution in [2.75, 3.05) is 4.90 Å². The molecule has 0 saturated carbocycles. The van der Waals surface area contributed by atoms with Crippen LogP contribution in [0.25, 0.3) is 76.5 Å². The molecule has 2 heteroatoms. The number of para-hydroxylation sites is 2. The molecule has 1 heterocycles. The van der Waals surface area contributed by atoms with Crippen LogP contribution < -0.4 is 4.90 Å². The predicted octanol–water partition coefficient (Wildman–Crippen LogP) is 13.8. The number of furan rings is 1. The van der Waals surface area contributed by atoms with Crippen molar-refractivity contribution < 1.29 is 4.42 Å². The van der Waals surface area contributed by atoms with E-state index in [-0.39, 0.29) is 0 Å². The van der Waals surface area contributed by atoms with Gasteiger partial charge in [-0.1, -0.05) is 127 Å². The van der Waals surface area contributed by atoms with Crippen molar-refractivity contribution in [3.8, 4) is 22.3 Å². The van der Waals surface area contributed by atoms with Crippen LogP contribution in [0, 0.1) is 0 Å². The number of hydrogen-bond donors (Lipinski definition) is 0. The lowest BCUT2D eigenvalue weighted by Gasteiger charge is -2.26. The minimum atomic E-state index is 0.911. The number of benzene rings is 9. The van der Waals surface area contributed by atoms with Gasteiger partial charge in [0.25, 0.3) is 0 Å². The summed E-state index contributed by atoms with van der Waals surface area (Å²) in [5, 5.41) is 9.63. The van der Waals surface area contributed by atoms with Crippen molar-refractivity contribution in [2.24, 2.45) is 0 Å². The molecule has 0 saturated heterocycles. The van der Waals surface area contributed by atoms with Crippen LogP contribution in [0.4, 0.5) is 17.1 Å². The fourth-order valence-electron chi connectivity index (χ4n) is 7.56. The van der Waals surface area contributed by atoms with Gasteiger partial charge in [0.1, 0.15) is 11.2 Å². The highest BCUT2D eigenvalue weighted by atomic mass is 16.3. The summed E-state index contributed by atoms with van der Waals surface area (Å²) in [7, 11) is 0. The minimum absolute atomic E-state index is 0.911. The van der Waals surface area contributed by atoms with E-state index in [0.29, 0.717) is 0 Å². The second-order valence-corrected chi connectivity index (χ2v) is 13.0. The highest BCUT2D eigenvalue weighted by Crippen LogP contribution is 2.43. The molecule has 0 aliphatic rings. The van der Waals surface area contributed by atoms with Crippen LogP contribution >= 0.6 is 0 Å². The van der Waals surface area contributed by atoms with E-state index in [4.69, 9.17) is 4.42 Å². The van der Waals surface area contributed by atoms with Gasteiger partial charge in [0.2, 0.25) is 0 Å². The maximum Gasteiger partial charge on any atom is 0.136 e. The standard InChI is InChI=1S/C48H31NO/c1-2-14-39(15-3-1)49(41-26-22-33-11-5-7-13-36(33)29-41)40-24-20-34(21-25-40)37-23-27-42-45(30-37)44(38-19-18-32-10-4-6-12-35(32)28-38)31-47-48(42)43-16-8-9-17-46(43)50-47/h1-31H. The lowest BCUT2D eigenvalue weighted by atomic mass is 9.91. The number of hydrogen-bond acceptors (Lipinski definition) is 2. The van der Waals surface area contributed by atoms with Gasteiger partial charge in [-0.05, 0) is 115 Å². The van der Waals surface area contributed by atoms with Gasteiger partial charge < -0.3 is 9.32 Å². The largest absolute Gasteiger partial charge is 0.456 e. The van der Waals surface area contributed by atoms with Gasteiger partial charge in [0, 0.05) is 27.8 Å². The summed E-state index contributed by atoms with van der Waals surface area (Å²) in [5.41, 5.74) is 9.88. The number of anilines is 3. The molecular formula is C48H31NO. The van der Waals surface area contributed by atoms with Crippen molar-refractivity contribution in [3.63, 3.8) is 0 Å². The van der Waals surface area contributed by atoms with Gasteiger partial charge in [-0.15, -0.1) is 0 Å². The Morgan fingerprint density at radius 1 is 0.320 bits per heavy atom. The third-order valence-electron chi connectivity index (χ3n) is 10.0. The summed E-state index contributed by atoms with van der Waals surface area (Å²) < 4.78 is 6.45. The molecule has 10 aromatic rings. The number of fused-ring (bicyclic) bond motifs is 7. The zero-order valence-corrected chi connectivity index (χ0v) is 27.3. The van der Waals surface area contributed by atoms with E-state index in [1.54, 1.807) is 0 Å². The lowest BCUT2D eigenvalue weighted by Crippen LogP contribution is -2.09. The molecule has 0 unspecified atom stereocenters. The fourth-order valence-corrected chi connectivity index (χ4v) is 7.56. The van der Waals surface area contributed by atoms with Crippen LogP contribution in [-0.2, 0) is 0 Å². The first-order valence-electron chi connectivity index (χ1n) is 17.1. The lowest BCUT2D eigenvalue weighted by molar-refractivity contribution is 0.669. The van der Waals surface area contributed by atoms with Crippen LogP contribution in [0.15, 0.2) is 192 Å². The summed E-state index contributed by atoms with van der Waals surface area (Å²) in [6.07, 6.45) is 0. The quantitative estimate of drug-likeness (QED) is 0.187. The molecular weight excluding hydrogens is 607 g/mol. The zero-order valence-electron chi connectivity index (χ0n) is 27.3. The molecule has 0 aliphatic carbocycles. The molecule has 0 bridgehead atoms. The average Bonchev–Trinajstić information content (AvgIpc) is 3.57. The Balaban J connectivity index is 1.12. The van der Waals surface area contributed by atoms with E-state index in [1.807, 2.05) is 6.07 Å². The molecule has 0 radical (unpaired) electrons. The first kappa shape index (κ1) is 28.4. The highest BCUT2D eigenvalue weighted by molar-refractivity contribution is 6.22. The van der Waals surface area contributed by atoms with E-state index >= 15 is 0 Å². The first-order chi connectivity index (χ1) is 24.8. The third-order valence-corrected chi connectivity index (χ3v) is 10.0. The zero-order chi connectivity index (χ0) is 33.0. The van der Waals surface area contributed by atoms with Crippen molar-refractivity contribution in [3.05, 3.63) is 188 Å². The Labute approximate surface area is 290 Å². The van der Waals surface area contributed by atoms with Gasteiger partial charge in [-0.25, -0.2) is 0 Å². The molecule has 0 aliphatic heterocycles.